The fourth-order valence-electron chi connectivity index (χ4n) is 3.25. The van der Waals surface area contributed by atoms with Crippen molar-refractivity contribution in [1.29, 1.82) is 5.26 Å². The number of rotatable bonds is 4. The number of hydrogen-bond donors (Lipinski definition) is 1. The van der Waals surface area contributed by atoms with Crippen molar-refractivity contribution in [3.05, 3.63) is 54.3 Å². The van der Waals surface area contributed by atoms with E-state index in [1.807, 2.05) is 0 Å². The second kappa shape index (κ2) is 7.32. The van der Waals surface area contributed by atoms with Gasteiger partial charge in [-0.3, -0.25) is 24.3 Å². The molecule has 1 unspecified atom stereocenters. The lowest BCUT2D eigenvalue weighted by Crippen LogP contribution is -2.27. The predicted octanol–water partition coefficient (Wildman–Crippen LogP) is 2.76. The molecule has 1 atom stereocenters. The van der Waals surface area contributed by atoms with Crippen LogP contribution in [0.4, 0.5) is 10.7 Å². The summed E-state index contributed by atoms with van der Waals surface area (Å²) in [6, 6.07) is 3.30. The predicted molar refractivity (Wildman–Crippen MR) is 101 cm³/mol. The first kappa shape index (κ1) is 18.8. The van der Waals surface area contributed by atoms with E-state index >= 15 is 0 Å². The van der Waals surface area contributed by atoms with Crippen LogP contribution in [0.15, 0.2) is 17.1 Å². The van der Waals surface area contributed by atoms with Crippen molar-refractivity contribution in [3.63, 3.8) is 0 Å². The number of aromatic nitrogens is 1. The van der Waals surface area contributed by atoms with Crippen LogP contribution in [0, 0.1) is 34.3 Å². The van der Waals surface area contributed by atoms with E-state index in [2.05, 4.69) is 18.3 Å². The van der Waals surface area contributed by atoms with E-state index in [1.54, 1.807) is 0 Å². The lowest BCUT2D eigenvalue weighted by atomic mass is 9.89. The van der Waals surface area contributed by atoms with Gasteiger partial charge in [0, 0.05) is 16.5 Å². The van der Waals surface area contributed by atoms with Crippen molar-refractivity contribution < 1.29 is 9.72 Å². The van der Waals surface area contributed by atoms with Crippen molar-refractivity contribution >= 4 is 27.9 Å². The number of nitrogens with one attached hydrogen (secondary N) is 1. The summed E-state index contributed by atoms with van der Waals surface area (Å²) in [5.41, 5.74) is 1.01. The van der Waals surface area contributed by atoms with Crippen molar-refractivity contribution in [2.24, 2.45) is 5.92 Å². The van der Waals surface area contributed by atoms with Crippen LogP contribution in [0.1, 0.15) is 34.9 Å². The summed E-state index contributed by atoms with van der Waals surface area (Å²) >= 11 is 1.39. The Balaban J connectivity index is 1.84. The average Bonchev–Trinajstić information content (AvgIpc) is 2.92. The highest BCUT2D eigenvalue weighted by Crippen LogP contribution is 2.39. The van der Waals surface area contributed by atoms with Gasteiger partial charge >= 0.3 is 0 Å². The maximum atomic E-state index is 12.4. The fraction of sp³-hybridized carbons (Fsp3) is 0.389. The smallest absolute Gasteiger partial charge is 0.288 e. The average molecular weight is 386 g/mol. The molecule has 0 aromatic carbocycles. The number of carbonyl (C=O) groups is 1. The summed E-state index contributed by atoms with van der Waals surface area (Å²) in [6.45, 7) is 3.27. The first-order valence-electron chi connectivity index (χ1n) is 8.50. The molecule has 1 amide bonds. The zero-order valence-electron chi connectivity index (χ0n) is 14.9. The maximum absolute atomic E-state index is 12.4. The third-order valence-corrected chi connectivity index (χ3v) is 5.86. The Morgan fingerprint density at radius 2 is 2.30 bits per heavy atom. The molecule has 0 bridgehead atoms. The highest BCUT2D eigenvalue weighted by atomic mass is 32.1. The zero-order chi connectivity index (χ0) is 19.7. The van der Waals surface area contributed by atoms with E-state index in [4.69, 9.17) is 0 Å². The normalized spacial score (nSPS) is 15.7. The van der Waals surface area contributed by atoms with Crippen LogP contribution in [0.5, 0.6) is 0 Å². The van der Waals surface area contributed by atoms with E-state index in [9.17, 15) is 25.0 Å². The van der Waals surface area contributed by atoms with Crippen molar-refractivity contribution in [3.8, 4) is 6.07 Å². The highest BCUT2D eigenvalue weighted by molar-refractivity contribution is 7.16. The van der Waals surface area contributed by atoms with Gasteiger partial charge in [-0.15, -0.1) is 11.3 Å². The van der Waals surface area contributed by atoms with Crippen LogP contribution in [0.25, 0.3) is 0 Å². The minimum absolute atomic E-state index is 0.222. The lowest BCUT2D eigenvalue weighted by molar-refractivity contribution is -0.385. The number of carbonyl (C=O) groups excluding carboxylic acids is 1. The summed E-state index contributed by atoms with van der Waals surface area (Å²) in [4.78, 5) is 36.0. The van der Waals surface area contributed by atoms with Gasteiger partial charge in [-0.1, -0.05) is 6.92 Å². The van der Waals surface area contributed by atoms with Gasteiger partial charge in [-0.2, -0.15) is 5.26 Å². The van der Waals surface area contributed by atoms with Crippen LogP contribution in [-0.2, 0) is 24.2 Å². The second-order valence-electron chi connectivity index (χ2n) is 6.78. The molecule has 1 N–H and O–H groups in total. The molecule has 0 saturated heterocycles. The number of hydrogen-bond acceptors (Lipinski definition) is 6. The number of thiophene rings is 1. The molecule has 1 aliphatic rings. The van der Waals surface area contributed by atoms with Gasteiger partial charge in [-0.25, -0.2) is 0 Å². The summed E-state index contributed by atoms with van der Waals surface area (Å²) in [5, 5.41) is 23.7. The molecular formula is C18H18N4O4S. The van der Waals surface area contributed by atoms with Crippen LogP contribution in [0.2, 0.25) is 0 Å². The number of amides is 1. The van der Waals surface area contributed by atoms with Crippen molar-refractivity contribution in [2.75, 3.05) is 5.32 Å². The minimum Gasteiger partial charge on any atom is -0.315 e. The van der Waals surface area contributed by atoms with E-state index in [1.165, 1.54) is 18.3 Å². The molecular weight excluding hydrogens is 368 g/mol. The summed E-state index contributed by atoms with van der Waals surface area (Å²) in [5.74, 6) is 0.0383. The molecule has 140 valence electrons. The van der Waals surface area contributed by atoms with Crippen LogP contribution < -0.4 is 10.9 Å². The molecule has 1 aliphatic carbocycles. The third-order valence-electron chi connectivity index (χ3n) is 4.69. The van der Waals surface area contributed by atoms with Gasteiger partial charge in [0.15, 0.2) is 0 Å². The number of nitro groups is 1. The molecule has 0 fully saturated rings. The largest absolute Gasteiger partial charge is 0.315 e. The molecule has 9 heteroatoms. The first-order valence-corrected chi connectivity index (χ1v) is 9.31. The summed E-state index contributed by atoms with van der Waals surface area (Å²) in [6.07, 6.45) is 3.78. The van der Waals surface area contributed by atoms with Crippen molar-refractivity contribution in [2.45, 2.75) is 39.7 Å². The Morgan fingerprint density at radius 1 is 1.56 bits per heavy atom. The van der Waals surface area contributed by atoms with E-state index in [0.29, 0.717) is 16.5 Å². The van der Waals surface area contributed by atoms with Gasteiger partial charge in [0.2, 0.25) is 5.91 Å². The van der Waals surface area contributed by atoms with Crippen molar-refractivity contribution in [1.82, 2.24) is 4.57 Å². The molecule has 0 spiro atoms. The Bertz CT molecular complexity index is 1030. The standard InChI is InChI=1S/C18H18N4O4S/c1-10-3-4-12-13(7-19)18(27-15(12)5-10)20-16(23)9-21-8-14(22(25)26)11(2)6-17(21)24/h6,8,10H,3-5,9H2,1-2H3,(H,20,23). The van der Waals surface area contributed by atoms with Crippen LogP contribution in [-0.4, -0.2) is 15.4 Å². The molecule has 0 saturated carbocycles. The van der Waals surface area contributed by atoms with E-state index < -0.39 is 16.4 Å². The topological polar surface area (TPSA) is 118 Å². The summed E-state index contributed by atoms with van der Waals surface area (Å²) in [7, 11) is 0. The Kier molecular flexibility index (Phi) is 5.10. The molecule has 2 aromatic heterocycles. The highest BCUT2D eigenvalue weighted by Gasteiger charge is 2.25. The monoisotopic (exact) mass is 386 g/mol. The number of aryl methyl sites for hydroxylation is 1. The Morgan fingerprint density at radius 3 is 2.96 bits per heavy atom. The molecule has 3 rings (SSSR count). The van der Waals surface area contributed by atoms with Crippen LogP contribution in [0.3, 0.4) is 0 Å². The van der Waals surface area contributed by atoms with E-state index in [-0.39, 0.29) is 17.8 Å². The Hall–Kier alpha value is -2.99. The molecule has 2 heterocycles. The van der Waals surface area contributed by atoms with Gasteiger partial charge in [-0.05, 0) is 37.7 Å². The second-order valence-corrected chi connectivity index (χ2v) is 7.89. The SMILES string of the molecule is Cc1cc(=O)n(CC(=O)Nc2sc3c(c2C#N)CCC(C)C3)cc1[N+](=O)[O-]. The number of anilines is 1. The third kappa shape index (κ3) is 3.75. The quantitative estimate of drug-likeness (QED) is 0.640. The molecule has 8 nitrogen and oxygen atoms in total. The summed E-state index contributed by atoms with van der Waals surface area (Å²) < 4.78 is 1.00. The number of pyridine rings is 1. The van der Waals surface area contributed by atoms with Gasteiger partial charge < -0.3 is 5.32 Å². The van der Waals surface area contributed by atoms with Gasteiger partial charge in [0.1, 0.15) is 17.6 Å². The van der Waals surface area contributed by atoms with Gasteiger partial charge in [0.05, 0.1) is 16.7 Å². The fourth-order valence-corrected chi connectivity index (χ4v) is 4.63. The van der Waals surface area contributed by atoms with Crippen LogP contribution >= 0.6 is 11.3 Å². The number of nitrogens with zero attached hydrogens (tertiary/aromatic N) is 3. The molecule has 2 aromatic rings. The number of nitriles is 1. The zero-order valence-corrected chi connectivity index (χ0v) is 15.8. The molecule has 0 radical (unpaired) electrons. The Labute approximate surface area is 159 Å². The number of fused-ring (bicyclic) bond motifs is 1. The van der Waals surface area contributed by atoms with Gasteiger partial charge in [0.25, 0.3) is 11.2 Å². The van der Waals surface area contributed by atoms with E-state index in [0.717, 1.165) is 46.5 Å². The lowest BCUT2D eigenvalue weighted by Gasteiger charge is -2.17. The maximum Gasteiger partial charge on any atom is 0.288 e. The minimum atomic E-state index is -0.592. The molecule has 0 aliphatic heterocycles. The molecule has 27 heavy (non-hydrogen) atoms. The first-order chi connectivity index (χ1) is 12.8.